The molecule has 3 aromatic rings. The van der Waals surface area contributed by atoms with Crippen LogP contribution in [-0.4, -0.2) is 28.6 Å². The molecule has 0 saturated carbocycles. The van der Waals surface area contributed by atoms with Crippen molar-refractivity contribution in [3.63, 3.8) is 0 Å². The molecule has 3 rings (SSSR count). The first-order chi connectivity index (χ1) is 15.8. The highest BCUT2D eigenvalue weighted by molar-refractivity contribution is 9.10. The SMILES string of the molecule is CCOc1cc(C=Nn2c([C@H](C)CC)nc3ccc(Br)cc3c2=O)cc(Br)c1O[C@@H](C)CC. The molecule has 0 N–H and O–H groups in total. The van der Waals surface area contributed by atoms with Crippen LogP contribution in [0.1, 0.15) is 64.8 Å². The normalized spacial score (nSPS) is 13.4. The monoisotopic (exact) mass is 577 g/mol. The quantitative estimate of drug-likeness (QED) is 0.259. The zero-order chi connectivity index (χ0) is 24.1. The van der Waals surface area contributed by atoms with Crippen LogP contribution in [0.2, 0.25) is 0 Å². The Morgan fingerprint density at radius 3 is 2.55 bits per heavy atom. The highest BCUT2D eigenvalue weighted by Gasteiger charge is 2.17. The van der Waals surface area contributed by atoms with E-state index >= 15 is 0 Å². The summed E-state index contributed by atoms with van der Waals surface area (Å²) < 4.78 is 14.9. The van der Waals surface area contributed by atoms with Gasteiger partial charge in [-0.05, 0) is 78.5 Å². The van der Waals surface area contributed by atoms with Crippen LogP contribution >= 0.6 is 31.9 Å². The van der Waals surface area contributed by atoms with E-state index in [0.29, 0.717) is 34.8 Å². The Kier molecular flexibility index (Phi) is 8.70. The van der Waals surface area contributed by atoms with E-state index in [0.717, 1.165) is 27.4 Å². The summed E-state index contributed by atoms with van der Waals surface area (Å²) in [5.74, 6) is 2.00. The van der Waals surface area contributed by atoms with Crippen molar-refractivity contribution in [3.05, 3.63) is 61.0 Å². The van der Waals surface area contributed by atoms with Gasteiger partial charge in [0.2, 0.25) is 0 Å². The van der Waals surface area contributed by atoms with E-state index in [9.17, 15) is 4.79 Å². The second-order valence-corrected chi connectivity index (χ2v) is 9.67. The molecule has 176 valence electrons. The van der Waals surface area contributed by atoms with E-state index in [1.54, 1.807) is 12.3 Å². The Morgan fingerprint density at radius 2 is 1.88 bits per heavy atom. The Hall–Kier alpha value is -2.19. The zero-order valence-electron chi connectivity index (χ0n) is 19.6. The zero-order valence-corrected chi connectivity index (χ0v) is 22.7. The van der Waals surface area contributed by atoms with Crippen molar-refractivity contribution in [3.8, 4) is 11.5 Å². The molecule has 0 amide bonds. The first kappa shape index (κ1) is 25.4. The van der Waals surface area contributed by atoms with E-state index < -0.39 is 0 Å². The minimum atomic E-state index is -0.200. The fourth-order valence-corrected chi connectivity index (χ4v) is 4.14. The van der Waals surface area contributed by atoms with Gasteiger partial charge in [-0.1, -0.05) is 36.7 Å². The molecule has 0 unspecified atom stereocenters. The predicted molar refractivity (Wildman–Crippen MR) is 141 cm³/mol. The first-order valence-electron chi connectivity index (χ1n) is 11.2. The maximum atomic E-state index is 13.3. The molecule has 2 atom stereocenters. The number of hydrogen-bond donors (Lipinski definition) is 0. The van der Waals surface area contributed by atoms with Crippen LogP contribution in [0.3, 0.4) is 0 Å². The molecule has 2 aromatic carbocycles. The third-order valence-corrected chi connectivity index (χ3v) is 6.52. The Bertz CT molecular complexity index is 1220. The highest BCUT2D eigenvalue weighted by atomic mass is 79.9. The molecule has 1 aromatic heterocycles. The van der Waals surface area contributed by atoms with Crippen molar-refractivity contribution < 1.29 is 9.47 Å². The molecule has 6 nitrogen and oxygen atoms in total. The van der Waals surface area contributed by atoms with Gasteiger partial charge in [0.15, 0.2) is 11.5 Å². The first-order valence-corrected chi connectivity index (χ1v) is 12.8. The van der Waals surface area contributed by atoms with Crippen LogP contribution < -0.4 is 15.0 Å². The summed E-state index contributed by atoms with van der Waals surface area (Å²) in [6, 6.07) is 9.29. The average molecular weight is 579 g/mol. The number of benzene rings is 2. The van der Waals surface area contributed by atoms with Crippen molar-refractivity contribution in [2.75, 3.05) is 6.61 Å². The Balaban J connectivity index is 2.11. The van der Waals surface area contributed by atoms with Crippen LogP contribution in [0.4, 0.5) is 0 Å². The third-order valence-electron chi connectivity index (χ3n) is 5.43. The Labute approximate surface area is 211 Å². The summed E-state index contributed by atoms with van der Waals surface area (Å²) in [5, 5.41) is 5.07. The molecular formula is C25H29Br2N3O3. The van der Waals surface area contributed by atoms with Gasteiger partial charge in [-0.2, -0.15) is 9.78 Å². The minimum Gasteiger partial charge on any atom is -0.490 e. The van der Waals surface area contributed by atoms with Gasteiger partial charge in [0.05, 0.1) is 34.3 Å². The molecule has 0 aliphatic heterocycles. The second-order valence-electron chi connectivity index (χ2n) is 7.90. The van der Waals surface area contributed by atoms with Crippen molar-refractivity contribution >= 4 is 49.0 Å². The molecule has 0 radical (unpaired) electrons. The molecule has 0 spiro atoms. The minimum absolute atomic E-state index is 0.0553. The van der Waals surface area contributed by atoms with Gasteiger partial charge in [-0.15, -0.1) is 0 Å². The summed E-state index contributed by atoms with van der Waals surface area (Å²) in [6.07, 6.45) is 3.43. The fourth-order valence-electron chi connectivity index (χ4n) is 3.23. The second kappa shape index (κ2) is 11.3. The summed E-state index contributed by atoms with van der Waals surface area (Å²) in [7, 11) is 0. The molecule has 0 aliphatic carbocycles. The maximum Gasteiger partial charge on any atom is 0.282 e. The van der Waals surface area contributed by atoms with Gasteiger partial charge >= 0.3 is 0 Å². The number of hydrogen-bond acceptors (Lipinski definition) is 5. The maximum absolute atomic E-state index is 13.3. The van der Waals surface area contributed by atoms with Crippen LogP contribution in [-0.2, 0) is 0 Å². The molecular weight excluding hydrogens is 550 g/mol. The largest absolute Gasteiger partial charge is 0.490 e. The summed E-state index contributed by atoms with van der Waals surface area (Å²) in [4.78, 5) is 18.1. The van der Waals surface area contributed by atoms with Crippen molar-refractivity contribution in [2.45, 2.75) is 59.5 Å². The molecule has 1 heterocycles. The van der Waals surface area contributed by atoms with E-state index in [-0.39, 0.29) is 17.6 Å². The molecule has 0 saturated heterocycles. The number of halogens is 2. The Morgan fingerprint density at radius 1 is 1.12 bits per heavy atom. The fraction of sp³-hybridized carbons (Fsp3) is 0.400. The topological polar surface area (TPSA) is 65.7 Å². The molecule has 8 heteroatoms. The lowest BCUT2D eigenvalue weighted by molar-refractivity contribution is 0.202. The lowest BCUT2D eigenvalue weighted by atomic mass is 10.1. The number of rotatable bonds is 9. The lowest BCUT2D eigenvalue weighted by Gasteiger charge is -2.18. The summed E-state index contributed by atoms with van der Waals surface area (Å²) in [5.41, 5.74) is 1.24. The van der Waals surface area contributed by atoms with Crippen LogP contribution in [0.15, 0.2) is 49.2 Å². The van der Waals surface area contributed by atoms with Crippen LogP contribution in [0, 0.1) is 0 Å². The smallest absolute Gasteiger partial charge is 0.282 e. The van der Waals surface area contributed by atoms with E-state index in [1.807, 2.05) is 45.0 Å². The van der Waals surface area contributed by atoms with E-state index in [1.165, 1.54) is 4.68 Å². The van der Waals surface area contributed by atoms with Gasteiger partial charge in [0.1, 0.15) is 5.82 Å². The average Bonchev–Trinajstić information content (AvgIpc) is 2.80. The van der Waals surface area contributed by atoms with Gasteiger partial charge in [0.25, 0.3) is 5.56 Å². The molecule has 0 fully saturated rings. The van der Waals surface area contributed by atoms with E-state index in [4.69, 9.17) is 14.5 Å². The van der Waals surface area contributed by atoms with Crippen molar-refractivity contribution in [1.82, 2.24) is 9.66 Å². The van der Waals surface area contributed by atoms with Crippen LogP contribution in [0.25, 0.3) is 10.9 Å². The van der Waals surface area contributed by atoms with Crippen LogP contribution in [0.5, 0.6) is 11.5 Å². The molecule has 33 heavy (non-hydrogen) atoms. The van der Waals surface area contributed by atoms with Gasteiger partial charge in [0, 0.05) is 10.4 Å². The third kappa shape index (κ3) is 5.84. The van der Waals surface area contributed by atoms with Crippen molar-refractivity contribution in [1.29, 1.82) is 0 Å². The standard InChI is InChI=1S/C25H29Br2N3O3/c1-6-15(4)24-29-21-10-9-18(26)13-19(21)25(31)30(24)28-14-17-11-20(27)23(33-16(5)7-2)22(12-17)32-8-3/h9-16H,6-8H2,1-5H3/t15-,16+/m1/s1. The van der Waals surface area contributed by atoms with Crippen molar-refractivity contribution in [2.24, 2.45) is 5.10 Å². The predicted octanol–water partition coefficient (Wildman–Crippen LogP) is 6.89. The summed E-state index contributed by atoms with van der Waals surface area (Å²) >= 11 is 7.05. The van der Waals surface area contributed by atoms with Gasteiger partial charge in [-0.25, -0.2) is 4.98 Å². The highest BCUT2D eigenvalue weighted by Crippen LogP contribution is 2.37. The van der Waals surface area contributed by atoms with Gasteiger partial charge in [-0.3, -0.25) is 4.79 Å². The molecule has 0 aliphatic rings. The summed E-state index contributed by atoms with van der Waals surface area (Å²) in [6.45, 7) is 10.6. The lowest BCUT2D eigenvalue weighted by Crippen LogP contribution is -2.23. The number of fused-ring (bicyclic) bond motifs is 1. The van der Waals surface area contributed by atoms with E-state index in [2.05, 4.69) is 50.8 Å². The van der Waals surface area contributed by atoms with Gasteiger partial charge < -0.3 is 9.47 Å². The number of ether oxygens (including phenoxy) is 2. The number of aromatic nitrogens is 2. The molecule has 0 bridgehead atoms. The number of nitrogens with zero attached hydrogens (tertiary/aromatic N) is 3.